The van der Waals surface area contributed by atoms with Crippen LogP contribution < -0.4 is 0 Å². The molecule has 1 aliphatic rings. The summed E-state index contributed by atoms with van der Waals surface area (Å²) < 4.78 is 95.1. The van der Waals surface area contributed by atoms with Crippen molar-refractivity contribution in [2.24, 2.45) is 0 Å². The van der Waals surface area contributed by atoms with Crippen LogP contribution in [0.1, 0.15) is 47.5 Å². The molecule has 0 saturated carbocycles. The van der Waals surface area contributed by atoms with E-state index >= 15 is 0 Å². The van der Waals surface area contributed by atoms with Crippen molar-refractivity contribution < 1.29 is 40.6 Å². The molecule has 0 atom stereocenters. The summed E-state index contributed by atoms with van der Waals surface area (Å²) in [7, 11) is 0. The van der Waals surface area contributed by atoms with Gasteiger partial charge in [0, 0.05) is 5.56 Å². The fourth-order valence-corrected chi connectivity index (χ4v) is 3.36. The van der Waals surface area contributed by atoms with Crippen molar-refractivity contribution in [3.63, 3.8) is 0 Å². The van der Waals surface area contributed by atoms with E-state index in [4.69, 9.17) is 14.2 Å². The fraction of sp³-hybridized carbons (Fsp3) is 0.391. The van der Waals surface area contributed by atoms with Crippen LogP contribution in [0.15, 0.2) is 48.5 Å². The maximum atomic E-state index is 13.0. The van der Waals surface area contributed by atoms with Gasteiger partial charge in [0.15, 0.2) is 6.29 Å². The van der Waals surface area contributed by atoms with Gasteiger partial charge in [0.2, 0.25) is 0 Å². The van der Waals surface area contributed by atoms with Gasteiger partial charge < -0.3 is 14.2 Å². The average molecular weight is 460 g/mol. The number of allylic oxidation sites excluding steroid dienone is 1. The van der Waals surface area contributed by atoms with E-state index in [1.165, 1.54) is 0 Å². The van der Waals surface area contributed by atoms with Gasteiger partial charge >= 0.3 is 12.4 Å². The average Bonchev–Trinajstić information content (AvgIpc) is 2.76. The van der Waals surface area contributed by atoms with E-state index in [-0.39, 0.29) is 18.2 Å². The highest BCUT2D eigenvalue weighted by Gasteiger charge is 2.36. The molecular weight excluding hydrogens is 438 g/mol. The molecule has 0 aliphatic carbocycles. The van der Waals surface area contributed by atoms with Crippen LogP contribution in [0.4, 0.5) is 26.3 Å². The first kappa shape index (κ1) is 24.3. The Bertz CT molecular complexity index is 911. The lowest BCUT2D eigenvalue weighted by Gasteiger charge is -2.26. The highest BCUT2D eigenvalue weighted by molar-refractivity contribution is 5.69. The highest BCUT2D eigenvalue weighted by Crippen LogP contribution is 2.36. The van der Waals surface area contributed by atoms with Crippen molar-refractivity contribution in [2.45, 2.75) is 38.6 Å². The summed E-state index contributed by atoms with van der Waals surface area (Å²) in [5.41, 5.74) is -0.677. The summed E-state index contributed by atoms with van der Waals surface area (Å²) in [6.07, 6.45) is -7.79. The third kappa shape index (κ3) is 6.11. The molecule has 0 unspecified atom stereocenters. The Morgan fingerprint density at radius 1 is 0.969 bits per heavy atom. The van der Waals surface area contributed by atoms with E-state index in [1.54, 1.807) is 13.0 Å². The Kier molecular flexibility index (Phi) is 7.63. The van der Waals surface area contributed by atoms with Gasteiger partial charge in [-0.15, -0.1) is 0 Å². The maximum absolute atomic E-state index is 13.0. The SMILES string of the molecule is C/C=C(\COCc1cc(C(F)(F)F)cc(C(F)(F)F)c1)c1ccccc1C1OCCCO1. The highest BCUT2D eigenvalue weighted by atomic mass is 19.4. The molecule has 0 amide bonds. The topological polar surface area (TPSA) is 27.7 Å². The number of benzene rings is 2. The monoisotopic (exact) mass is 460 g/mol. The van der Waals surface area contributed by atoms with E-state index in [1.807, 2.05) is 24.3 Å². The molecule has 0 N–H and O–H groups in total. The molecule has 0 spiro atoms. The maximum Gasteiger partial charge on any atom is 0.416 e. The summed E-state index contributed by atoms with van der Waals surface area (Å²) in [6, 6.07) is 8.76. The normalized spacial score (nSPS) is 16.4. The van der Waals surface area contributed by atoms with Crippen molar-refractivity contribution in [1.82, 2.24) is 0 Å². The van der Waals surface area contributed by atoms with Crippen LogP contribution in [0.25, 0.3) is 5.57 Å². The van der Waals surface area contributed by atoms with Crippen LogP contribution in [0.5, 0.6) is 0 Å². The Morgan fingerprint density at radius 2 is 1.56 bits per heavy atom. The van der Waals surface area contributed by atoms with Crippen molar-refractivity contribution in [2.75, 3.05) is 19.8 Å². The second-order valence-corrected chi connectivity index (χ2v) is 7.24. The molecule has 0 aromatic heterocycles. The lowest BCUT2D eigenvalue weighted by atomic mass is 9.99. The first-order valence-electron chi connectivity index (χ1n) is 9.93. The first-order chi connectivity index (χ1) is 15.1. The van der Waals surface area contributed by atoms with Crippen LogP contribution in [0, 0.1) is 0 Å². The second kappa shape index (κ2) is 10.1. The Morgan fingerprint density at radius 3 is 2.12 bits per heavy atom. The quantitative estimate of drug-likeness (QED) is 0.445. The van der Waals surface area contributed by atoms with Crippen LogP contribution in [0.3, 0.4) is 0 Å². The molecule has 1 aliphatic heterocycles. The van der Waals surface area contributed by atoms with Gasteiger partial charge in [-0.1, -0.05) is 30.3 Å². The lowest BCUT2D eigenvalue weighted by Crippen LogP contribution is -2.19. The van der Waals surface area contributed by atoms with Gasteiger partial charge in [-0.05, 0) is 48.2 Å². The fourth-order valence-electron chi connectivity index (χ4n) is 3.36. The minimum absolute atomic E-state index is 0.0160. The summed E-state index contributed by atoms with van der Waals surface area (Å²) in [5, 5.41) is 0. The number of halogens is 6. The molecule has 1 fully saturated rings. The first-order valence-corrected chi connectivity index (χ1v) is 9.93. The Labute approximate surface area is 181 Å². The van der Waals surface area contributed by atoms with E-state index in [0.717, 1.165) is 17.5 Å². The number of alkyl halides is 6. The molecule has 3 nitrogen and oxygen atoms in total. The van der Waals surface area contributed by atoms with Gasteiger partial charge in [0.1, 0.15) is 0 Å². The van der Waals surface area contributed by atoms with Gasteiger partial charge in [-0.3, -0.25) is 0 Å². The van der Waals surface area contributed by atoms with Crippen molar-refractivity contribution in [3.05, 3.63) is 76.4 Å². The van der Waals surface area contributed by atoms with E-state index < -0.39 is 36.4 Å². The summed E-state index contributed by atoms with van der Waals surface area (Å²) in [5.74, 6) is 0. The molecule has 174 valence electrons. The van der Waals surface area contributed by atoms with Crippen LogP contribution in [-0.4, -0.2) is 19.8 Å². The standard InChI is InChI=1S/C23H22F6O3/c1-2-16(19-6-3-4-7-20(19)21-31-8-5-9-32-21)14-30-13-15-10-17(22(24,25)26)12-18(11-15)23(27,28)29/h2-4,6-7,10-12,21H,5,8-9,13-14H2,1H3/b16-2+. The summed E-state index contributed by atoms with van der Waals surface area (Å²) >= 11 is 0. The number of rotatable bonds is 6. The van der Waals surface area contributed by atoms with Crippen molar-refractivity contribution >= 4 is 5.57 Å². The number of ether oxygens (including phenoxy) is 3. The minimum atomic E-state index is -4.90. The van der Waals surface area contributed by atoms with Crippen molar-refractivity contribution in [3.8, 4) is 0 Å². The molecule has 0 radical (unpaired) electrons. The summed E-state index contributed by atoms with van der Waals surface area (Å²) in [6.45, 7) is 2.44. The molecule has 1 saturated heterocycles. The number of hydrogen-bond donors (Lipinski definition) is 0. The van der Waals surface area contributed by atoms with E-state index in [2.05, 4.69) is 0 Å². The van der Waals surface area contributed by atoms with Crippen molar-refractivity contribution in [1.29, 1.82) is 0 Å². The molecule has 3 rings (SSSR count). The van der Waals surface area contributed by atoms with Gasteiger partial charge in [-0.2, -0.15) is 26.3 Å². The van der Waals surface area contributed by atoms with E-state index in [0.29, 0.717) is 30.9 Å². The molecular formula is C23H22F6O3. The van der Waals surface area contributed by atoms with Crippen LogP contribution in [0.2, 0.25) is 0 Å². The molecule has 2 aromatic carbocycles. The third-order valence-electron chi connectivity index (χ3n) is 4.91. The van der Waals surface area contributed by atoms with Gasteiger partial charge in [-0.25, -0.2) is 0 Å². The zero-order valence-electron chi connectivity index (χ0n) is 17.2. The molecule has 2 aromatic rings. The zero-order valence-corrected chi connectivity index (χ0v) is 17.2. The Balaban J connectivity index is 1.76. The second-order valence-electron chi connectivity index (χ2n) is 7.24. The molecule has 32 heavy (non-hydrogen) atoms. The van der Waals surface area contributed by atoms with E-state index in [9.17, 15) is 26.3 Å². The predicted octanol–water partition coefficient (Wildman–Crippen LogP) is 6.78. The Hall–Kier alpha value is -2.36. The molecule has 0 bridgehead atoms. The smallest absolute Gasteiger partial charge is 0.372 e. The zero-order chi connectivity index (χ0) is 23.4. The van der Waals surface area contributed by atoms with Gasteiger partial charge in [0.05, 0.1) is 37.6 Å². The largest absolute Gasteiger partial charge is 0.416 e. The molecule has 1 heterocycles. The summed E-state index contributed by atoms with van der Waals surface area (Å²) in [4.78, 5) is 0. The lowest BCUT2D eigenvalue weighted by molar-refractivity contribution is -0.183. The minimum Gasteiger partial charge on any atom is -0.372 e. The van der Waals surface area contributed by atoms with Gasteiger partial charge in [0.25, 0.3) is 0 Å². The number of hydrogen-bond acceptors (Lipinski definition) is 3. The molecule has 9 heteroatoms. The van der Waals surface area contributed by atoms with Crippen LogP contribution in [-0.2, 0) is 33.2 Å². The van der Waals surface area contributed by atoms with Crippen LogP contribution >= 0.6 is 0 Å². The third-order valence-corrected chi connectivity index (χ3v) is 4.91. The predicted molar refractivity (Wildman–Crippen MR) is 105 cm³/mol.